The largest absolute Gasteiger partial charge is 0.309 e. The maximum Gasteiger partial charge on any atom is 0.0553 e. The second kappa shape index (κ2) is 14.1. The van der Waals surface area contributed by atoms with Gasteiger partial charge in [-0.3, -0.25) is 9.97 Å². The van der Waals surface area contributed by atoms with Crippen LogP contribution in [0.1, 0.15) is 0 Å². The zero-order chi connectivity index (χ0) is 41.4. The average Bonchev–Trinajstić information content (AvgIpc) is 3.70. The lowest BCUT2D eigenvalue weighted by atomic mass is 9.83. The normalized spacial score (nSPS) is 11.8. The van der Waals surface area contributed by atoms with E-state index in [-0.39, 0.29) is 0 Å². The molecule has 0 aliphatic carbocycles. The monoisotopic (exact) mass is 799 g/mol. The molecule has 0 amide bonds. The SMILES string of the molecule is c1ccc(-n2c3cccc4ccc5cc(-c6ccc(-c7c8ccccc8c(-c8cc(-c9cccnc9)cc(-c9cccnc9)c8)c8ccccc78)c7ccccc67)cc2c5c43)cc1. The lowest BCUT2D eigenvalue weighted by molar-refractivity contribution is 1.18. The van der Waals surface area contributed by atoms with Gasteiger partial charge in [-0.15, -0.1) is 0 Å². The summed E-state index contributed by atoms with van der Waals surface area (Å²) in [6.07, 6.45) is 7.56. The molecule has 0 saturated carbocycles. The van der Waals surface area contributed by atoms with Crippen LogP contribution in [0.25, 0.3) is 126 Å². The van der Waals surface area contributed by atoms with E-state index in [1.165, 1.54) is 98.4 Å². The fourth-order valence-corrected chi connectivity index (χ4v) is 10.4. The van der Waals surface area contributed by atoms with Crippen LogP contribution in [0, 0.1) is 0 Å². The molecule has 3 nitrogen and oxygen atoms in total. The van der Waals surface area contributed by atoms with Crippen molar-refractivity contribution in [2.75, 3.05) is 0 Å². The molecule has 0 unspecified atom stereocenters. The highest BCUT2D eigenvalue weighted by Crippen LogP contribution is 2.48. The fourth-order valence-electron chi connectivity index (χ4n) is 10.4. The summed E-state index contributed by atoms with van der Waals surface area (Å²) in [6.45, 7) is 0. The molecule has 0 radical (unpaired) electrons. The third kappa shape index (κ3) is 5.53. The van der Waals surface area contributed by atoms with Crippen molar-refractivity contribution in [3.8, 4) is 61.3 Å². The predicted octanol–water partition coefficient (Wildman–Crippen LogP) is 16.0. The lowest BCUT2D eigenvalue weighted by Gasteiger charge is -2.20. The quantitative estimate of drug-likeness (QED) is 0.124. The molecule has 0 aliphatic heterocycles. The Morgan fingerprint density at radius 2 is 0.841 bits per heavy atom. The van der Waals surface area contributed by atoms with Crippen molar-refractivity contribution < 1.29 is 0 Å². The van der Waals surface area contributed by atoms with Gasteiger partial charge in [0.25, 0.3) is 0 Å². The minimum absolute atomic E-state index is 1.08. The molecule has 0 bridgehead atoms. The van der Waals surface area contributed by atoms with Gasteiger partial charge in [0.2, 0.25) is 0 Å². The average molecular weight is 800 g/mol. The molecule has 292 valence electrons. The van der Waals surface area contributed by atoms with Gasteiger partial charge in [-0.1, -0.05) is 140 Å². The number of aromatic nitrogens is 3. The van der Waals surface area contributed by atoms with Gasteiger partial charge in [-0.05, 0) is 148 Å². The maximum atomic E-state index is 4.49. The van der Waals surface area contributed by atoms with E-state index in [0.29, 0.717) is 0 Å². The highest BCUT2D eigenvalue weighted by molar-refractivity contribution is 6.27. The van der Waals surface area contributed by atoms with E-state index in [1.54, 1.807) is 0 Å². The Labute approximate surface area is 364 Å². The van der Waals surface area contributed by atoms with Gasteiger partial charge >= 0.3 is 0 Å². The van der Waals surface area contributed by atoms with Gasteiger partial charge in [-0.2, -0.15) is 0 Å². The Morgan fingerprint density at radius 3 is 1.48 bits per heavy atom. The Balaban J connectivity index is 1.05. The van der Waals surface area contributed by atoms with E-state index >= 15 is 0 Å². The number of hydrogen-bond acceptors (Lipinski definition) is 2. The summed E-state index contributed by atoms with van der Waals surface area (Å²) in [7, 11) is 0. The maximum absolute atomic E-state index is 4.49. The molecule has 13 aromatic rings. The number of fused-ring (bicyclic) bond motifs is 3. The first kappa shape index (κ1) is 35.4. The standard InChI is InChI=1S/C60H37N3/c1-2-16-46(17-3-1)63-55-24-10-13-38-25-26-39-31-44(35-56(63)59(39)58(38)55)47-27-28-54(49-19-5-4-18-48(47)49)60-52-22-8-6-20-50(52)57(51-21-7-9-23-53(51)60)45-33-42(40-14-11-29-61-36-40)32-43(34-45)41-15-12-30-62-37-41/h1-37H. The zero-order valence-electron chi connectivity index (χ0n) is 34.2. The predicted molar refractivity (Wildman–Crippen MR) is 265 cm³/mol. The molecule has 0 atom stereocenters. The molecule has 0 fully saturated rings. The molecule has 13 rings (SSSR count). The van der Waals surface area contributed by atoms with Gasteiger partial charge < -0.3 is 4.57 Å². The first-order chi connectivity index (χ1) is 31.3. The Kier molecular flexibility index (Phi) is 7.91. The van der Waals surface area contributed by atoms with Crippen LogP contribution >= 0.6 is 0 Å². The van der Waals surface area contributed by atoms with Gasteiger partial charge in [0.15, 0.2) is 0 Å². The first-order valence-corrected chi connectivity index (χ1v) is 21.5. The topological polar surface area (TPSA) is 30.7 Å². The number of benzene rings is 10. The number of nitrogens with zero attached hydrogens (tertiary/aromatic N) is 3. The molecular weight excluding hydrogens is 763 g/mol. The molecule has 0 aliphatic rings. The van der Waals surface area contributed by atoms with Crippen molar-refractivity contribution in [3.63, 3.8) is 0 Å². The van der Waals surface area contributed by atoms with Crippen LogP contribution in [0.4, 0.5) is 0 Å². The van der Waals surface area contributed by atoms with Crippen LogP contribution in [-0.4, -0.2) is 14.5 Å². The van der Waals surface area contributed by atoms with E-state index in [2.05, 4.69) is 203 Å². The van der Waals surface area contributed by atoms with Crippen LogP contribution in [0.15, 0.2) is 225 Å². The van der Waals surface area contributed by atoms with Gasteiger partial charge in [0.1, 0.15) is 0 Å². The van der Waals surface area contributed by atoms with Crippen molar-refractivity contribution in [1.82, 2.24) is 14.5 Å². The van der Waals surface area contributed by atoms with Crippen molar-refractivity contribution in [3.05, 3.63) is 225 Å². The molecule has 3 aromatic heterocycles. The summed E-state index contributed by atoms with van der Waals surface area (Å²) in [5.74, 6) is 0. The summed E-state index contributed by atoms with van der Waals surface area (Å²) in [5, 5.41) is 12.5. The summed E-state index contributed by atoms with van der Waals surface area (Å²) in [4.78, 5) is 8.99. The van der Waals surface area contributed by atoms with E-state index in [9.17, 15) is 0 Å². The third-order valence-electron chi connectivity index (χ3n) is 13.1. The van der Waals surface area contributed by atoms with Gasteiger partial charge in [0, 0.05) is 52.4 Å². The van der Waals surface area contributed by atoms with Crippen molar-refractivity contribution in [2.45, 2.75) is 0 Å². The highest BCUT2D eigenvalue weighted by Gasteiger charge is 2.22. The van der Waals surface area contributed by atoms with Crippen LogP contribution in [-0.2, 0) is 0 Å². The van der Waals surface area contributed by atoms with Gasteiger partial charge in [-0.25, -0.2) is 0 Å². The molecule has 0 saturated heterocycles. The first-order valence-electron chi connectivity index (χ1n) is 21.5. The number of hydrogen-bond donors (Lipinski definition) is 0. The fraction of sp³-hybridized carbons (Fsp3) is 0. The van der Waals surface area contributed by atoms with E-state index < -0.39 is 0 Å². The van der Waals surface area contributed by atoms with Crippen LogP contribution in [0.5, 0.6) is 0 Å². The summed E-state index contributed by atoms with van der Waals surface area (Å²) in [6, 6.07) is 73.6. The number of para-hydroxylation sites is 1. The van der Waals surface area contributed by atoms with Crippen molar-refractivity contribution >= 4 is 64.9 Å². The molecule has 3 heterocycles. The van der Waals surface area contributed by atoms with E-state index in [4.69, 9.17) is 0 Å². The second-order valence-corrected chi connectivity index (χ2v) is 16.5. The van der Waals surface area contributed by atoms with Crippen LogP contribution in [0.2, 0.25) is 0 Å². The van der Waals surface area contributed by atoms with E-state index in [0.717, 1.165) is 27.8 Å². The molecule has 0 spiro atoms. The summed E-state index contributed by atoms with van der Waals surface area (Å²) >= 11 is 0. The smallest absolute Gasteiger partial charge is 0.0553 e. The summed E-state index contributed by atoms with van der Waals surface area (Å²) in [5.41, 5.74) is 15.3. The molecule has 63 heavy (non-hydrogen) atoms. The Hall–Kier alpha value is -8.40. The molecule has 3 heteroatoms. The van der Waals surface area contributed by atoms with Crippen LogP contribution < -0.4 is 0 Å². The second-order valence-electron chi connectivity index (χ2n) is 16.5. The Morgan fingerprint density at radius 1 is 0.302 bits per heavy atom. The zero-order valence-corrected chi connectivity index (χ0v) is 34.2. The highest BCUT2D eigenvalue weighted by atomic mass is 15.0. The minimum Gasteiger partial charge on any atom is -0.309 e. The third-order valence-corrected chi connectivity index (χ3v) is 13.1. The van der Waals surface area contributed by atoms with Crippen molar-refractivity contribution in [2.24, 2.45) is 0 Å². The number of rotatable bonds is 6. The molecule has 0 N–H and O–H groups in total. The molecule has 10 aromatic carbocycles. The summed E-state index contributed by atoms with van der Waals surface area (Å²) < 4.78 is 2.44. The van der Waals surface area contributed by atoms with Gasteiger partial charge in [0.05, 0.1) is 11.0 Å². The van der Waals surface area contributed by atoms with Crippen LogP contribution in [0.3, 0.4) is 0 Å². The number of pyridine rings is 2. The van der Waals surface area contributed by atoms with E-state index in [1.807, 2.05) is 36.9 Å². The molecular formula is C60H37N3. The lowest BCUT2D eigenvalue weighted by Crippen LogP contribution is -1.94. The minimum atomic E-state index is 1.08. The Bertz CT molecular complexity index is 3770. The van der Waals surface area contributed by atoms with Crippen molar-refractivity contribution in [1.29, 1.82) is 0 Å².